The number of thiophene rings is 1. The largest absolute Gasteiger partial charge is 0.340 e. The number of carbonyl (C=O) groups is 1. The van der Waals surface area contributed by atoms with Crippen LogP contribution in [0.2, 0.25) is 4.34 Å². The van der Waals surface area contributed by atoms with Gasteiger partial charge in [-0.2, -0.15) is 0 Å². The second-order valence-corrected chi connectivity index (χ2v) is 6.36. The van der Waals surface area contributed by atoms with Crippen LogP contribution in [0, 0.1) is 10.1 Å². The number of likely N-dealkylation sites (N-methyl/N-ethyl adjacent to an activating group) is 1. The number of nitrogens with zero attached hydrogens (tertiary/aromatic N) is 2. The molecule has 0 spiro atoms. The summed E-state index contributed by atoms with van der Waals surface area (Å²) in [6.07, 6.45) is 0.216. The molecule has 1 aromatic carbocycles. The first-order valence-corrected chi connectivity index (χ1v) is 7.36. The van der Waals surface area contributed by atoms with Crippen LogP contribution in [0.1, 0.15) is 10.4 Å². The molecule has 0 saturated carbocycles. The molecular weight excluding hydrogens is 312 g/mol. The maximum Gasteiger partial charge on any atom is 0.269 e. The van der Waals surface area contributed by atoms with Gasteiger partial charge in [0.25, 0.3) is 5.69 Å². The highest BCUT2D eigenvalue weighted by molar-refractivity contribution is 7.16. The van der Waals surface area contributed by atoms with Gasteiger partial charge in [-0.3, -0.25) is 14.9 Å². The van der Waals surface area contributed by atoms with Crippen LogP contribution in [-0.4, -0.2) is 22.8 Å². The number of amides is 1. The zero-order chi connectivity index (χ0) is 15.4. The third kappa shape index (κ3) is 4.27. The van der Waals surface area contributed by atoms with E-state index in [0.717, 1.165) is 10.4 Å². The molecule has 2 rings (SSSR count). The van der Waals surface area contributed by atoms with E-state index in [0.29, 0.717) is 10.9 Å². The molecule has 0 bridgehead atoms. The van der Waals surface area contributed by atoms with E-state index in [1.165, 1.54) is 23.5 Å². The maximum atomic E-state index is 12.1. The molecule has 0 unspecified atom stereocenters. The summed E-state index contributed by atoms with van der Waals surface area (Å²) in [7, 11) is 1.72. The number of non-ortho nitro benzene ring substituents is 1. The number of hydrogen-bond donors (Lipinski definition) is 0. The fourth-order valence-corrected chi connectivity index (χ4v) is 2.94. The number of nitro benzene ring substituents is 1. The molecule has 7 heteroatoms. The topological polar surface area (TPSA) is 63.5 Å². The highest BCUT2D eigenvalue weighted by Crippen LogP contribution is 2.22. The van der Waals surface area contributed by atoms with Crippen LogP contribution in [0.15, 0.2) is 36.4 Å². The number of nitro groups is 1. The Kier molecular flexibility index (Phi) is 4.93. The predicted octanol–water partition coefficient (Wildman–Crippen LogP) is 3.51. The molecule has 5 nitrogen and oxygen atoms in total. The lowest BCUT2D eigenvalue weighted by Crippen LogP contribution is -2.27. The van der Waals surface area contributed by atoms with Crippen LogP contribution < -0.4 is 0 Å². The Morgan fingerprint density at radius 1 is 1.29 bits per heavy atom. The van der Waals surface area contributed by atoms with Crippen LogP contribution in [0.4, 0.5) is 5.69 Å². The Morgan fingerprint density at radius 3 is 2.48 bits per heavy atom. The molecule has 0 atom stereocenters. The van der Waals surface area contributed by atoms with Gasteiger partial charge in [0.05, 0.1) is 22.2 Å². The van der Waals surface area contributed by atoms with Crippen molar-refractivity contribution in [1.82, 2.24) is 4.90 Å². The van der Waals surface area contributed by atoms with Crippen molar-refractivity contribution in [2.45, 2.75) is 13.0 Å². The molecule has 0 aliphatic heterocycles. The summed E-state index contributed by atoms with van der Waals surface area (Å²) in [5, 5.41) is 10.6. The second-order valence-electron chi connectivity index (χ2n) is 4.56. The van der Waals surface area contributed by atoms with E-state index >= 15 is 0 Å². The molecule has 0 N–H and O–H groups in total. The SMILES string of the molecule is CN(Cc1ccc(Cl)s1)C(=O)Cc1ccc([N+](=O)[O-])cc1. The van der Waals surface area contributed by atoms with Crippen LogP contribution >= 0.6 is 22.9 Å². The molecule has 1 heterocycles. The van der Waals surface area contributed by atoms with Gasteiger partial charge in [0.1, 0.15) is 0 Å². The Hall–Kier alpha value is -1.92. The van der Waals surface area contributed by atoms with E-state index in [9.17, 15) is 14.9 Å². The number of carbonyl (C=O) groups excluding carboxylic acids is 1. The van der Waals surface area contributed by atoms with Crippen molar-refractivity contribution in [2.75, 3.05) is 7.05 Å². The summed E-state index contributed by atoms with van der Waals surface area (Å²) < 4.78 is 0.696. The lowest BCUT2D eigenvalue weighted by atomic mass is 10.1. The van der Waals surface area contributed by atoms with Gasteiger partial charge in [-0.05, 0) is 17.7 Å². The standard InChI is InChI=1S/C14H13ClN2O3S/c1-16(9-12-6-7-13(15)21-12)14(18)8-10-2-4-11(5-3-10)17(19)20/h2-7H,8-9H2,1H3. The monoisotopic (exact) mass is 324 g/mol. The summed E-state index contributed by atoms with van der Waals surface area (Å²) >= 11 is 7.30. The Balaban J connectivity index is 1.95. The molecular formula is C14H13ClN2O3S. The zero-order valence-corrected chi connectivity index (χ0v) is 12.9. The van der Waals surface area contributed by atoms with Gasteiger partial charge in [0.2, 0.25) is 5.91 Å². The van der Waals surface area contributed by atoms with E-state index in [-0.39, 0.29) is 18.0 Å². The van der Waals surface area contributed by atoms with Crippen LogP contribution in [0.25, 0.3) is 0 Å². The van der Waals surface area contributed by atoms with Gasteiger partial charge in [-0.15, -0.1) is 11.3 Å². The number of hydrogen-bond acceptors (Lipinski definition) is 4. The molecule has 110 valence electrons. The van der Waals surface area contributed by atoms with Crippen LogP contribution in [0.3, 0.4) is 0 Å². The lowest BCUT2D eigenvalue weighted by Gasteiger charge is -2.16. The first-order chi connectivity index (χ1) is 9.95. The highest BCUT2D eigenvalue weighted by Gasteiger charge is 2.12. The summed E-state index contributed by atoms with van der Waals surface area (Å²) in [6.45, 7) is 0.503. The van der Waals surface area contributed by atoms with Crippen LogP contribution in [0.5, 0.6) is 0 Å². The van der Waals surface area contributed by atoms with Gasteiger partial charge in [-0.25, -0.2) is 0 Å². The van der Waals surface area contributed by atoms with Gasteiger partial charge < -0.3 is 4.90 Å². The van der Waals surface area contributed by atoms with Crippen molar-refractivity contribution in [3.8, 4) is 0 Å². The smallest absolute Gasteiger partial charge is 0.269 e. The molecule has 21 heavy (non-hydrogen) atoms. The second kappa shape index (κ2) is 6.69. The van der Waals surface area contributed by atoms with Gasteiger partial charge >= 0.3 is 0 Å². The number of rotatable bonds is 5. The molecule has 0 fully saturated rings. The molecule has 0 radical (unpaired) electrons. The zero-order valence-electron chi connectivity index (χ0n) is 11.3. The van der Waals surface area contributed by atoms with E-state index in [4.69, 9.17) is 11.6 Å². The third-order valence-corrected chi connectivity index (χ3v) is 4.17. The number of benzene rings is 1. The Labute approximate surface area is 130 Å². The fourth-order valence-electron chi connectivity index (χ4n) is 1.80. The third-order valence-electron chi connectivity index (χ3n) is 2.95. The average molecular weight is 325 g/mol. The number of halogens is 1. The van der Waals surface area contributed by atoms with Gasteiger partial charge in [-0.1, -0.05) is 23.7 Å². The summed E-state index contributed by atoms with van der Waals surface area (Å²) in [5.74, 6) is -0.0478. The van der Waals surface area contributed by atoms with Crippen molar-refractivity contribution < 1.29 is 9.72 Å². The van der Waals surface area contributed by atoms with E-state index in [1.807, 2.05) is 6.07 Å². The van der Waals surface area contributed by atoms with Crippen molar-refractivity contribution in [3.05, 3.63) is 61.3 Å². The van der Waals surface area contributed by atoms with Crippen molar-refractivity contribution in [2.24, 2.45) is 0 Å². The van der Waals surface area contributed by atoms with Crippen molar-refractivity contribution in [3.63, 3.8) is 0 Å². The van der Waals surface area contributed by atoms with E-state index in [2.05, 4.69) is 0 Å². The normalized spacial score (nSPS) is 10.4. The molecule has 0 aliphatic carbocycles. The minimum absolute atomic E-state index is 0.0211. The molecule has 0 saturated heterocycles. The first-order valence-electron chi connectivity index (χ1n) is 6.17. The van der Waals surface area contributed by atoms with Crippen molar-refractivity contribution >= 4 is 34.5 Å². The first kappa shape index (κ1) is 15.5. The molecule has 1 aromatic heterocycles. The van der Waals surface area contributed by atoms with Gasteiger partial charge in [0, 0.05) is 24.1 Å². The van der Waals surface area contributed by atoms with Crippen LogP contribution in [-0.2, 0) is 17.8 Å². The Morgan fingerprint density at radius 2 is 1.95 bits per heavy atom. The van der Waals surface area contributed by atoms with E-state index < -0.39 is 4.92 Å². The minimum atomic E-state index is -0.460. The fraction of sp³-hybridized carbons (Fsp3) is 0.214. The summed E-state index contributed by atoms with van der Waals surface area (Å²) in [4.78, 5) is 24.8. The molecule has 1 amide bonds. The molecule has 2 aromatic rings. The Bertz CT molecular complexity index is 654. The summed E-state index contributed by atoms with van der Waals surface area (Å²) in [6, 6.07) is 9.71. The molecule has 0 aliphatic rings. The average Bonchev–Trinajstić information content (AvgIpc) is 2.84. The highest BCUT2D eigenvalue weighted by atomic mass is 35.5. The predicted molar refractivity (Wildman–Crippen MR) is 82.6 cm³/mol. The van der Waals surface area contributed by atoms with E-state index in [1.54, 1.807) is 30.1 Å². The van der Waals surface area contributed by atoms with Gasteiger partial charge in [0.15, 0.2) is 0 Å². The lowest BCUT2D eigenvalue weighted by molar-refractivity contribution is -0.384. The summed E-state index contributed by atoms with van der Waals surface area (Å²) in [5.41, 5.74) is 0.773. The van der Waals surface area contributed by atoms with Crippen molar-refractivity contribution in [1.29, 1.82) is 0 Å². The maximum absolute atomic E-state index is 12.1. The minimum Gasteiger partial charge on any atom is -0.340 e. The quantitative estimate of drug-likeness (QED) is 0.624.